The number of hydrogen-bond donors (Lipinski definition) is 1. The van der Waals surface area contributed by atoms with Crippen LogP contribution in [0.4, 0.5) is 0 Å². The van der Waals surface area contributed by atoms with Gasteiger partial charge >= 0.3 is 0 Å². The van der Waals surface area contributed by atoms with Gasteiger partial charge in [-0.3, -0.25) is 4.90 Å². The summed E-state index contributed by atoms with van der Waals surface area (Å²) in [6.45, 7) is 19.9. The number of nitrogens with zero attached hydrogens (tertiary/aromatic N) is 1. The topological polar surface area (TPSA) is 15.3 Å². The molecule has 0 aromatic carbocycles. The van der Waals surface area contributed by atoms with Crippen LogP contribution in [0.3, 0.4) is 0 Å². The van der Waals surface area contributed by atoms with Crippen molar-refractivity contribution in [2.24, 2.45) is 17.3 Å². The zero-order chi connectivity index (χ0) is 16.0. The third-order valence-electron chi connectivity index (χ3n) is 5.38. The van der Waals surface area contributed by atoms with Gasteiger partial charge in [0.2, 0.25) is 0 Å². The number of hydrogen-bond acceptors (Lipinski definition) is 2. The van der Waals surface area contributed by atoms with E-state index >= 15 is 0 Å². The summed E-state index contributed by atoms with van der Waals surface area (Å²) in [5, 5.41) is 3.71. The summed E-state index contributed by atoms with van der Waals surface area (Å²) in [6.07, 6.45) is 5.71. The van der Waals surface area contributed by atoms with Crippen LogP contribution in [-0.2, 0) is 0 Å². The summed E-state index contributed by atoms with van der Waals surface area (Å²) in [5.41, 5.74) is 0.507. The fourth-order valence-corrected chi connectivity index (χ4v) is 3.86. The van der Waals surface area contributed by atoms with Crippen molar-refractivity contribution >= 4 is 0 Å². The first-order chi connectivity index (χ1) is 9.71. The van der Waals surface area contributed by atoms with Crippen LogP contribution in [0.1, 0.15) is 74.1 Å². The molecule has 0 aromatic rings. The Labute approximate surface area is 134 Å². The Kier molecular flexibility index (Phi) is 7.70. The number of nitrogens with one attached hydrogen (secondary N) is 1. The van der Waals surface area contributed by atoms with E-state index in [-0.39, 0.29) is 0 Å². The first kappa shape index (κ1) is 19.0. The largest absolute Gasteiger partial charge is 0.315 e. The van der Waals surface area contributed by atoms with Crippen LogP contribution in [-0.4, -0.2) is 36.6 Å². The molecule has 0 atom stereocenters. The van der Waals surface area contributed by atoms with Crippen LogP contribution in [0.15, 0.2) is 0 Å². The van der Waals surface area contributed by atoms with Gasteiger partial charge in [-0.25, -0.2) is 0 Å². The van der Waals surface area contributed by atoms with E-state index in [1.165, 1.54) is 38.8 Å². The predicted molar refractivity (Wildman–Crippen MR) is 94.8 cm³/mol. The molecule has 0 aliphatic heterocycles. The van der Waals surface area contributed by atoms with Gasteiger partial charge < -0.3 is 5.32 Å². The summed E-state index contributed by atoms with van der Waals surface area (Å²) in [5.74, 6) is 1.85. The Bertz CT molecular complexity index is 262. The van der Waals surface area contributed by atoms with E-state index in [1.807, 2.05) is 0 Å². The lowest BCUT2D eigenvalue weighted by atomic mass is 9.70. The maximum absolute atomic E-state index is 3.71. The lowest BCUT2D eigenvalue weighted by Crippen LogP contribution is -2.42. The van der Waals surface area contributed by atoms with Gasteiger partial charge in [-0.05, 0) is 77.2 Å². The van der Waals surface area contributed by atoms with Crippen molar-refractivity contribution in [1.82, 2.24) is 10.2 Å². The molecule has 1 rings (SSSR count). The standard InChI is InChI=1S/C19H40N2/c1-15(2)21(16(3)4)13-12-20-14-17-8-10-18(11-9-17)19(5,6)7/h15-18,20H,8-14H2,1-7H3. The Morgan fingerprint density at radius 1 is 0.952 bits per heavy atom. The SMILES string of the molecule is CC(C)N(CCNCC1CCC(C(C)(C)C)CC1)C(C)C. The molecule has 1 saturated carbocycles. The van der Waals surface area contributed by atoms with Crippen LogP contribution in [0.25, 0.3) is 0 Å². The normalized spacial score (nSPS) is 24.3. The first-order valence-corrected chi connectivity index (χ1v) is 9.18. The van der Waals surface area contributed by atoms with Crippen molar-refractivity contribution in [3.05, 3.63) is 0 Å². The molecular formula is C19H40N2. The van der Waals surface area contributed by atoms with E-state index in [9.17, 15) is 0 Å². The van der Waals surface area contributed by atoms with Crippen LogP contribution in [0.2, 0.25) is 0 Å². The van der Waals surface area contributed by atoms with E-state index < -0.39 is 0 Å². The molecule has 0 spiro atoms. The van der Waals surface area contributed by atoms with Crippen molar-refractivity contribution in [3.63, 3.8) is 0 Å². The van der Waals surface area contributed by atoms with E-state index in [4.69, 9.17) is 0 Å². The van der Waals surface area contributed by atoms with Gasteiger partial charge in [-0.1, -0.05) is 20.8 Å². The van der Waals surface area contributed by atoms with Gasteiger partial charge in [0.05, 0.1) is 0 Å². The molecule has 0 bridgehead atoms. The fourth-order valence-electron chi connectivity index (χ4n) is 3.86. The molecule has 21 heavy (non-hydrogen) atoms. The average Bonchev–Trinajstić information content (AvgIpc) is 2.37. The van der Waals surface area contributed by atoms with E-state index in [0.29, 0.717) is 17.5 Å². The highest BCUT2D eigenvalue weighted by Gasteiger charge is 2.29. The molecule has 2 nitrogen and oxygen atoms in total. The monoisotopic (exact) mass is 296 g/mol. The Morgan fingerprint density at radius 3 is 1.90 bits per heavy atom. The van der Waals surface area contributed by atoms with Gasteiger partial charge in [-0.2, -0.15) is 0 Å². The quantitative estimate of drug-likeness (QED) is 0.693. The third kappa shape index (κ3) is 6.69. The maximum Gasteiger partial charge on any atom is 0.0112 e. The van der Waals surface area contributed by atoms with Gasteiger partial charge in [0.25, 0.3) is 0 Å². The van der Waals surface area contributed by atoms with Crippen molar-refractivity contribution < 1.29 is 0 Å². The van der Waals surface area contributed by atoms with E-state index in [0.717, 1.165) is 18.4 Å². The molecule has 0 unspecified atom stereocenters. The van der Waals surface area contributed by atoms with Crippen LogP contribution in [0, 0.1) is 17.3 Å². The van der Waals surface area contributed by atoms with Gasteiger partial charge in [0.1, 0.15) is 0 Å². The molecule has 1 aliphatic carbocycles. The minimum atomic E-state index is 0.507. The van der Waals surface area contributed by atoms with Crippen molar-refractivity contribution in [1.29, 1.82) is 0 Å². The molecule has 0 radical (unpaired) electrons. The smallest absolute Gasteiger partial charge is 0.0112 e. The molecule has 1 N–H and O–H groups in total. The van der Waals surface area contributed by atoms with Gasteiger partial charge in [0.15, 0.2) is 0 Å². The zero-order valence-corrected chi connectivity index (χ0v) is 15.7. The van der Waals surface area contributed by atoms with Crippen LogP contribution < -0.4 is 5.32 Å². The predicted octanol–water partition coefficient (Wildman–Crippen LogP) is 4.55. The minimum absolute atomic E-state index is 0.507. The van der Waals surface area contributed by atoms with Crippen LogP contribution >= 0.6 is 0 Å². The summed E-state index contributed by atoms with van der Waals surface area (Å²) in [7, 11) is 0. The van der Waals surface area contributed by atoms with Crippen molar-refractivity contribution in [2.45, 2.75) is 86.2 Å². The molecule has 126 valence electrons. The molecular weight excluding hydrogens is 256 g/mol. The number of rotatable bonds is 7. The lowest BCUT2D eigenvalue weighted by Gasteiger charge is -2.37. The zero-order valence-electron chi connectivity index (χ0n) is 15.7. The highest BCUT2D eigenvalue weighted by molar-refractivity contribution is 4.81. The Hall–Kier alpha value is -0.0800. The average molecular weight is 297 g/mol. The lowest BCUT2D eigenvalue weighted by molar-refractivity contribution is 0.146. The molecule has 0 aromatic heterocycles. The molecule has 2 heteroatoms. The highest BCUT2D eigenvalue weighted by atomic mass is 15.2. The minimum Gasteiger partial charge on any atom is -0.315 e. The highest BCUT2D eigenvalue weighted by Crippen LogP contribution is 2.39. The van der Waals surface area contributed by atoms with Crippen LogP contribution in [0.5, 0.6) is 0 Å². The Balaban J connectivity index is 2.17. The van der Waals surface area contributed by atoms with E-state index in [2.05, 4.69) is 58.7 Å². The van der Waals surface area contributed by atoms with Crippen molar-refractivity contribution in [2.75, 3.05) is 19.6 Å². The second-order valence-corrected chi connectivity index (χ2v) is 8.71. The van der Waals surface area contributed by atoms with E-state index in [1.54, 1.807) is 0 Å². The molecule has 1 fully saturated rings. The second-order valence-electron chi connectivity index (χ2n) is 8.71. The van der Waals surface area contributed by atoms with Gasteiger partial charge in [-0.15, -0.1) is 0 Å². The molecule has 0 saturated heterocycles. The summed E-state index contributed by atoms with van der Waals surface area (Å²) in [4.78, 5) is 2.57. The molecule has 0 heterocycles. The Morgan fingerprint density at radius 2 is 1.48 bits per heavy atom. The molecule has 1 aliphatic rings. The van der Waals surface area contributed by atoms with Gasteiger partial charge in [0, 0.05) is 25.2 Å². The van der Waals surface area contributed by atoms with Crippen molar-refractivity contribution in [3.8, 4) is 0 Å². The summed E-state index contributed by atoms with van der Waals surface area (Å²) in [6, 6.07) is 1.29. The second kappa shape index (κ2) is 8.53. The molecule has 0 amide bonds. The third-order valence-corrected chi connectivity index (χ3v) is 5.38. The maximum atomic E-state index is 3.71. The fraction of sp³-hybridized carbons (Fsp3) is 1.00. The summed E-state index contributed by atoms with van der Waals surface area (Å²) >= 11 is 0. The summed E-state index contributed by atoms with van der Waals surface area (Å²) < 4.78 is 0. The first-order valence-electron chi connectivity index (χ1n) is 9.18.